The Bertz CT molecular complexity index is 874. The molecular weight excluding hydrogens is 358 g/mol. The first-order valence-corrected chi connectivity index (χ1v) is 9.83. The highest BCUT2D eigenvalue weighted by Gasteiger charge is 2.35. The molecule has 4 N–H and O–H groups in total. The molecule has 2 bridgehead atoms. The van der Waals surface area contributed by atoms with Gasteiger partial charge in [0.1, 0.15) is 0 Å². The molecule has 1 aromatic carbocycles. The highest BCUT2D eigenvalue weighted by atomic mass is 16.4. The fourth-order valence-electron chi connectivity index (χ4n) is 4.05. The van der Waals surface area contributed by atoms with E-state index in [0.717, 1.165) is 48.7 Å². The van der Waals surface area contributed by atoms with Gasteiger partial charge in [-0.15, -0.1) is 0 Å². The number of benzene rings is 1. The summed E-state index contributed by atoms with van der Waals surface area (Å²) in [5.41, 5.74) is 7.27. The van der Waals surface area contributed by atoms with Gasteiger partial charge in [0.25, 0.3) is 0 Å². The third kappa shape index (κ3) is 4.52. The first-order valence-electron chi connectivity index (χ1n) is 9.83. The molecule has 2 heterocycles. The van der Waals surface area contributed by atoms with Crippen molar-refractivity contribution in [3.63, 3.8) is 0 Å². The van der Waals surface area contributed by atoms with Crippen LogP contribution < -0.4 is 11.1 Å². The van der Waals surface area contributed by atoms with Crippen molar-refractivity contribution >= 4 is 28.7 Å². The molecule has 0 saturated carbocycles. The first kappa shape index (κ1) is 19.9. The lowest BCUT2D eigenvalue weighted by Crippen LogP contribution is -2.41. The summed E-state index contributed by atoms with van der Waals surface area (Å²) in [4.78, 5) is 36.2. The summed E-state index contributed by atoms with van der Waals surface area (Å²) in [7, 11) is 0. The van der Waals surface area contributed by atoms with Gasteiger partial charge in [0.15, 0.2) is 0 Å². The van der Waals surface area contributed by atoms with Crippen molar-refractivity contribution < 1.29 is 19.5 Å². The van der Waals surface area contributed by atoms with E-state index < -0.39 is 23.7 Å². The van der Waals surface area contributed by atoms with Crippen molar-refractivity contribution in [2.24, 2.45) is 17.6 Å². The van der Waals surface area contributed by atoms with Crippen LogP contribution in [0.15, 0.2) is 30.5 Å². The summed E-state index contributed by atoms with van der Waals surface area (Å²) in [6.45, 7) is 1.40. The Morgan fingerprint density at radius 3 is 2.71 bits per heavy atom. The summed E-state index contributed by atoms with van der Waals surface area (Å²) in [5.74, 6) is -4.22. The Morgan fingerprint density at radius 1 is 1.21 bits per heavy atom. The van der Waals surface area contributed by atoms with Gasteiger partial charge in [-0.2, -0.15) is 0 Å². The van der Waals surface area contributed by atoms with Crippen molar-refractivity contribution in [2.45, 2.75) is 45.1 Å². The van der Waals surface area contributed by atoms with E-state index in [1.54, 1.807) is 0 Å². The number of aryl methyl sites for hydroxylation is 1. The quantitative estimate of drug-likeness (QED) is 0.747. The number of carboxylic acids is 1. The Balaban J connectivity index is 2.02. The van der Waals surface area contributed by atoms with Crippen LogP contribution in [-0.2, 0) is 27.3 Å². The van der Waals surface area contributed by atoms with E-state index in [1.807, 2.05) is 30.5 Å². The lowest BCUT2D eigenvalue weighted by molar-refractivity contribution is -0.149. The molecule has 0 fully saturated rings. The van der Waals surface area contributed by atoms with Crippen molar-refractivity contribution in [1.29, 1.82) is 0 Å². The minimum atomic E-state index is -1.17. The largest absolute Gasteiger partial charge is 0.481 e. The number of nitrogens with zero attached hydrogens (tertiary/aromatic N) is 1. The molecule has 2 aromatic rings. The summed E-state index contributed by atoms with van der Waals surface area (Å²) >= 11 is 0. The van der Waals surface area contributed by atoms with Gasteiger partial charge in [0.2, 0.25) is 11.8 Å². The van der Waals surface area contributed by atoms with Crippen LogP contribution in [0.3, 0.4) is 0 Å². The second-order valence-electron chi connectivity index (χ2n) is 7.50. The van der Waals surface area contributed by atoms with Gasteiger partial charge in [-0.1, -0.05) is 31.0 Å². The summed E-state index contributed by atoms with van der Waals surface area (Å²) in [6, 6.07) is 7.94. The van der Waals surface area contributed by atoms with E-state index in [9.17, 15) is 19.5 Å². The number of nitrogens with one attached hydrogen (secondary N) is 1. The van der Waals surface area contributed by atoms with Gasteiger partial charge in [0, 0.05) is 36.6 Å². The van der Waals surface area contributed by atoms with Gasteiger partial charge in [-0.3, -0.25) is 14.4 Å². The minimum Gasteiger partial charge on any atom is -0.481 e. The van der Waals surface area contributed by atoms with Crippen LogP contribution in [0.4, 0.5) is 0 Å². The minimum absolute atomic E-state index is 0.254. The first-order chi connectivity index (χ1) is 13.5. The topological polar surface area (TPSA) is 114 Å². The van der Waals surface area contributed by atoms with E-state index in [2.05, 4.69) is 9.88 Å². The lowest BCUT2D eigenvalue weighted by atomic mass is 9.83. The van der Waals surface area contributed by atoms with Crippen LogP contribution in [0, 0.1) is 11.8 Å². The number of aromatic nitrogens is 1. The number of carbonyl (C=O) groups excluding carboxylic acids is 2. The molecule has 7 heteroatoms. The van der Waals surface area contributed by atoms with Gasteiger partial charge in [-0.05, 0) is 30.9 Å². The number of para-hydroxylation sites is 1. The van der Waals surface area contributed by atoms with Gasteiger partial charge in [0.05, 0.1) is 11.8 Å². The lowest BCUT2D eigenvalue weighted by Gasteiger charge is -2.22. The van der Waals surface area contributed by atoms with E-state index >= 15 is 0 Å². The second-order valence-corrected chi connectivity index (χ2v) is 7.50. The number of carboxylic acid groups (broad SMARTS) is 1. The van der Waals surface area contributed by atoms with Crippen molar-refractivity contribution in [2.75, 3.05) is 6.54 Å². The zero-order valence-corrected chi connectivity index (χ0v) is 15.9. The highest BCUT2D eigenvalue weighted by Crippen LogP contribution is 2.28. The molecule has 0 radical (unpaired) electrons. The summed E-state index contributed by atoms with van der Waals surface area (Å²) in [6.07, 6.45) is 5.89. The zero-order valence-electron chi connectivity index (χ0n) is 15.9. The molecule has 1 aliphatic rings. The molecule has 1 aliphatic heterocycles. The van der Waals surface area contributed by atoms with Gasteiger partial charge >= 0.3 is 5.97 Å². The second kappa shape index (κ2) is 8.91. The number of nitrogens with two attached hydrogens (primary N) is 1. The Hall–Kier alpha value is -2.83. The summed E-state index contributed by atoms with van der Waals surface area (Å²) in [5, 5.41) is 13.6. The SMILES string of the molecule is NC(=O)CC(C(=O)O)C1Cc2cn(c3ccccc23)CCCCCCNC1=O. The zero-order chi connectivity index (χ0) is 20.1. The number of fused-ring (bicyclic) bond motifs is 5. The van der Waals surface area contributed by atoms with Crippen LogP contribution in [0.2, 0.25) is 0 Å². The Morgan fingerprint density at radius 2 is 1.96 bits per heavy atom. The number of hydrogen-bond donors (Lipinski definition) is 3. The van der Waals surface area contributed by atoms with E-state index in [1.165, 1.54) is 0 Å². The smallest absolute Gasteiger partial charge is 0.307 e. The molecule has 7 nitrogen and oxygen atoms in total. The monoisotopic (exact) mass is 385 g/mol. The predicted molar refractivity (Wildman–Crippen MR) is 106 cm³/mol. The molecule has 0 spiro atoms. The highest BCUT2D eigenvalue weighted by molar-refractivity contribution is 5.90. The molecule has 3 rings (SSSR count). The number of rotatable bonds is 4. The van der Waals surface area contributed by atoms with E-state index in [-0.39, 0.29) is 18.7 Å². The molecular formula is C21H27N3O4. The molecule has 0 aliphatic carbocycles. The van der Waals surface area contributed by atoms with Crippen LogP contribution in [0.25, 0.3) is 10.9 Å². The number of amides is 2. The fraction of sp³-hybridized carbons (Fsp3) is 0.476. The predicted octanol–water partition coefficient (Wildman–Crippen LogP) is 2.07. The number of primary amides is 1. The fourth-order valence-corrected chi connectivity index (χ4v) is 4.05. The molecule has 1 aromatic heterocycles. The average Bonchev–Trinajstić information content (AvgIpc) is 3.01. The maximum absolute atomic E-state index is 12.9. The van der Waals surface area contributed by atoms with E-state index in [4.69, 9.17) is 5.73 Å². The molecule has 2 amide bonds. The van der Waals surface area contributed by atoms with Crippen LogP contribution in [0.5, 0.6) is 0 Å². The van der Waals surface area contributed by atoms with Crippen molar-refractivity contribution in [3.8, 4) is 0 Å². The molecule has 0 saturated heterocycles. The molecule has 2 unspecified atom stereocenters. The standard InChI is InChI=1S/C21H27N3O4/c22-19(25)12-17(21(27)28)16-11-14-13-24(18-8-4-3-7-15(14)18)10-6-2-1-5-9-23-20(16)26/h3-4,7-8,13,16-17H,1-2,5-6,9-12H2,(H2,22,25)(H,23,26)(H,27,28). The van der Waals surface area contributed by atoms with Crippen LogP contribution in [0.1, 0.15) is 37.7 Å². The summed E-state index contributed by atoms with van der Waals surface area (Å²) < 4.78 is 2.18. The molecule has 2 atom stereocenters. The van der Waals surface area contributed by atoms with Crippen molar-refractivity contribution in [1.82, 2.24) is 9.88 Å². The van der Waals surface area contributed by atoms with Crippen molar-refractivity contribution in [3.05, 3.63) is 36.0 Å². The van der Waals surface area contributed by atoms with Crippen LogP contribution in [-0.4, -0.2) is 34.0 Å². The number of aliphatic carboxylic acids is 1. The molecule has 150 valence electrons. The maximum atomic E-state index is 12.9. The van der Waals surface area contributed by atoms with Gasteiger partial charge < -0.3 is 20.7 Å². The normalized spacial score (nSPS) is 19.7. The maximum Gasteiger partial charge on any atom is 0.307 e. The van der Waals surface area contributed by atoms with Crippen LogP contribution >= 0.6 is 0 Å². The average molecular weight is 385 g/mol. The third-order valence-corrected chi connectivity index (χ3v) is 5.50. The number of hydrogen-bond acceptors (Lipinski definition) is 3. The number of carbonyl (C=O) groups is 3. The van der Waals surface area contributed by atoms with Gasteiger partial charge in [-0.25, -0.2) is 0 Å². The van der Waals surface area contributed by atoms with E-state index in [0.29, 0.717) is 6.54 Å². The Kier molecular flexibility index (Phi) is 6.34. The molecule has 28 heavy (non-hydrogen) atoms. The third-order valence-electron chi connectivity index (χ3n) is 5.50. The Labute approximate surface area is 163 Å².